The average molecular weight is 399 g/mol. The number of hydrogen-bond acceptors (Lipinski definition) is 3. The number of hydrazine groups is 1. The van der Waals surface area contributed by atoms with Gasteiger partial charge in [-0.2, -0.15) is 0 Å². The zero-order valence-corrected chi connectivity index (χ0v) is 17.1. The predicted octanol–water partition coefficient (Wildman–Crippen LogP) is 2.84. The minimum atomic E-state index is -0.472. The highest BCUT2D eigenvalue weighted by Gasteiger charge is 2.19. The van der Waals surface area contributed by atoms with Crippen LogP contribution in [0.4, 0.5) is 0 Å². The molecule has 0 radical (unpaired) electrons. The minimum Gasteiger partial charge on any atom is -0.357 e. The molecule has 0 aliphatic carbocycles. The van der Waals surface area contributed by atoms with E-state index in [1.54, 1.807) is 24.3 Å². The third-order valence-electron chi connectivity index (χ3n) is 3.74. The number of benzene rings is 2. The number of carbonyl (C=O) groups is 2. The summed E-state index contributed by atoms with van der Waals surface area (Å²) in [5.74, 6) is -0.527. The number of thiocarbonyl (C=S) groups is 1. The van der Waals surface area contributed by atoms with E-state index in [2.05, 4.69) is 21.5 Å². The Bertz CT molecular complexity index is 804. The Kier molecular flexibility index (Phi) is 7.52. The summed E-state index contributed by atoms with van der Waals surface area (Å²) in [5.41, 5.74) is 6.43. The van der Waals surface area contributed by atoms with Gasteiger partial charge in [-0.15, -0.1) is 0 Å². The summed E-state index contributed by atoms with van der Waals surface area (Å²) in [6, 6.07) is 17.8. The lowest BCUT2D eigenvalue weighted by molar-refractivity contribution is -0.122. The molecule has 148 valence electrons. The molecule has 0 aliphatic heterocycles. The molecule has 0 aromatic heterocycles. The molecule has 0 saturated heterocycles. The second kappa shape index (κ2) is 9.85. The fourth-order valence-electron chi connectivity index (χ4n) is 2.50. The van der Waals surface area contributed by atoms with Gasteiger partial charge in [-0.25, -0.2) is 0 Å². The van der Waals surface area contributed by atoms with Crippen molar-refractivity contribution in [3.05, 3.63) is 71.8 Å². The normalized spacial score (nSPS) is 11.8. The Morgan fingerprint density at radius 2 is 1.50 bits per heavy atom. The lowest BCUT2D eigenvalue weighted by Gasteiger charge is -2.24. The van der Waals surface area contributed by atoms with Gasteiger partial charge >= 0.3 is 0 Å². The maximum atomic E-state index is 12.5. The van der Waals surface area contributed by atoms with E-state index in [9.17, 15) is 9.59 Å². The highest BCUT2D eigenvalue weighted by molar-refractivity contribution is 7.80. The van der Waals surface area contributed by atoms with Crippen molar-refractivity contribution in [3.63, 3.8) is 0 Å². The van der Waals surface area contributed by atoms with E-state index < -0.39 is 6.04 Å². The van der Waals surface area contributed by atoms with Gasteiger partial charge in [-0.05, 0) is 50.7 Å². The van der Waals surface area contributed by atoms with Gasteiger partial charge in [0.2, 0.25) is 5.91 Å². The molecule has 4 N–H and O–H groups in total. The van der Waals surface area contributed by atoms with E-state index in [0.29, 0.717) is 10.7 Å². The third kappa shape index (κ3) is 7.36. The highest BCUT2D eigenvalue weighted by atomic mass is 32.1. The summed E-state index contributed by atoms with van der Waals surface area (Å²) in [5, 5.41) is 6.30. The van der Waals surface area contributed by atoms with Crippen LogP contribution in [0.3, 0.4) is 0 Å². The van der Waals surface area contributed by atoms with E-state index >= 15 is 0 Å². The predicted molar refractivity (Wildman–Crippen MR) is 114 cm³/mol. The smallest absolute Gasteiger partial charge is 0.251 e. The Morgan fingerprint density at radius 3 is 2.07 bits per heavy atom. The van der Waals surface area contributed by atoms with Crippen molar-refractivity contribution in [3.8, 4) is 0 Å². The van der Waals surface area contributed by atoms with Crippen LogP contribution in [-0.4, -0.2) is 22.5 Å². The van der Waals surface area contributed by atoms with Crippen LogP contribution in [0, 0.1) is 0 Å². The van der Waals surface area contributed by atoms with Crippen LogP contribution in [0.1, 0.15) is 49.2 Å². The molecule has 2 aromatic rings. The molecular weight excluding hydrogens is 372 g/mol. The third-order valence-corrected chi connectivity index (χ3v) is 3.94. The summed E-state index contributed by atoms with van der Waals surface area (Å²) in [6.45, 7) is 5.90. The molecule has 1 atom stereocenters. The standard InChI is InChI=1S/C21H26N4O2S/c1-21(2,3)23-20(28)25-24-18(26)14-17(15-10-6-4-7-11-15)22-19(27)16-12-8-5-9-13-16/h4-13,17H,14H2,1-3H3,(H,22,27)(H,24,26)(H2,23,25,28)/t17-/m0/s1. The molecule has 2 amide bonds. The lowest BCUT2D eigenvalue weighted by atomic mass is 10.0. The van der Waals surface area contributed by atoms with Gasteiger partial charge in [0.05, 0.1) is 12.5 Å². The summed E-state index contributed by atoms with van der Waals surface area (Å²) in [6.07, 6.45) is 0.0632. The molecule has 6 nitrogen and oxygen atoms in total. The first-order chi connectivity index (χ1) is 13.2. The van der Waals surface area contributed by atoms with Crippen molar-refractivity contribution in [2.45, 2.75) is 38.8 Å². The van der Waals surface area contributed by atoms with Crippen LogP contribution in [0.25, 0.3) is 0 Å². The second-order valence-corrected chi connectivity index (χ2v) is 7.79. The van der Waals surface area contributed by atoms with Crippen LogP contribution >= 0.6 is 12.2 Å². The Labute approximate surface area is 171 Å². The first-order valence-electron chi connectivity index (χ1n) is 9.02. The van der Waals surface area contributed by atoms with E-state index in [-0.39, 0.29) is 23.8 Å². The lowest BCUT2D eigenvalue weighted by Crippen LogP contribution is -2.52. The van der Waals surface area contributed by atoms with Gasteiger partial charge in [0, 0.05) is 11.1 Å². The second-order valence-electron chi connectivity index (χ2n) is 7.38. The van der Waals surface area contributed by atoms with Gasteiger partial charge in [-0.1, -0.05) is 48.5 Å². The molecule has 7 heteroatoms. The fourth-order valence-corrected chi connectivity index (χ4v) is 2.86. The molecule has 0 unspecified atom stereocenters. The molecule has 0 spiro atoms. The monoisotopic (exact) mass is 398 g/mol. The quantitative estimate of drug-likeness (QED) is 0.460. The zero-order valence-electron chi connectivity index (χ0n) is 16.3. The van der Waals surface area contributed by atoms with Crippen molar-refractivity contribution in [1.82, 2.24) is 21.5 Å². The van der Waals surface area contributed by atoms with Crippen LogP contribution in [0.15, 0.2) is 60.7 Å². The number of hydrogen-bond donors (Lipinski definition) is 4. The number of carbonyl (C=O) groups excluding carboxylic acids is 2. The summed E-state index contributed by atoms with van der Waals surface area (Å²) >= 11 is 5.15. The van der Waals surface area contributed by atoms with Gasteiger partial charge in [0.1, 0.15) is 0 Å². The van der Waals surface area contributed by atoms with E-state index in [1.165, 1.54) is 0 Å². The van der Waals surface area contributed by atoms with Gasteiger partial charge in [-0.3, -0.25) is 20.4 Å². The van der Waals surface area contributed by atoms with Crippen molar-refractivity contribution >= 4 is 29.1 Å². The van der Waals surface area contributed by atoms with Gasteiger partial charge in [0.25, 0.3) is 5.91 Å². The molecule has 0 fully saturated rings. The molecule has 0 saturated carbocycles. The molecule has 0 heterocycles. The number of amides is 2. The maximum Gasteiger partial charge on any atom is 0.251 e. The van der Waals surface area contributed by atoms with Crippen LogP contribution in [0.2, 0.25) is 0 Å². The van der Waals surface area contributed by atoms with E-state index in [1.807, 2.05) is 57.2 Å². The molecule has 2 rings (SSSR count). The molecule has 28 heavy (non-hydrogen) atoms. The Balaban J connectivity index is 2.01. The Morgan fingerprint density at radius 1 is 0.929 bits per heavy atom. The van der Waals surface area contributed by atoms with E-state index in [4.69, 9.17) is 12.2 Å². The Hall–Kier alpha value is -2.93. The molecule has 2 aromatic carbocycles. The molecule has 0 aliphatic rings. The van der Waals surface area contributed by atoms with Gasteiger partial charge < -0.3 is 10.6 Å². The maximum absolute atomic E-state index is 12.5. The first kappa shape index (κ1) is 21.4. The number of nitrogens with one attached hydrogen (secondary N) is 4. The first-order valence-corrected chi connectivity index (χ1v) is 9.43. The van der Waals surface area contributed by atoms with Crippen LogP contribution < -0.4 is 21.5 Å². The summed E-state index contributed by atoms with van der Waals surface area (Å²) < 4.78 is 0. The summed E-state index contributed by atoms with van der Waals surface area (Å²) in [4.78, 5) is 24.9. The average Bonchev–Trinajstić information content (AvgIpc) is 2.66. The SMILES string of the molecule is CC(C)(C)NC(=S)NNC(=O)C[C@H](NC(=O)c1ccccc1)c1ccccc1. The topological polar surface area (TPSA) is 82.3 Å². The number of rotatable bonds is 5. The fraction of sp³-hybridized carbons (Fsp3) is 0.286. The van der Waals surface area contributed by atoms with Crippen molar-refractivity contribution in [2.24, 2.45) is 0 Å². The molecular formula is C21H26N4O2S. The molecule has 0 bridgehead atoms. The van der Waals surface area contributed by atoms with Crippen LogP contribution in [-0.2, 0) is 4.79 Å². The van der Waals surface area contributed by atoms with Crippen molar-refractivity contribution in [1.29, 1.82) is 0 Å². The van der Waals surface area contributed by atoms with E-state index in [0.717, 1.165) is 5.56 Å². The minimum absolute atomic E-state index is 0.0632. The van der Waals surface area contributed by atoms with Crippen molar-refractivity contribution < 1.29 is 9.59 Å². The summed E-state index contributed by atoms with van der Waals surface area (Å²) in [7, 11) is 0. The van der Waals surface area contributed by atoms with Crippen LogP contribution in [0.5, 0.6) is 0 Å². The van der Waals surface area contributed by atoms with Crippen molar-refractivity contribution in [2.75, 3.05) is 0 Å². The highest BCUT2D eigenvalue weighted by Crippen LogP contribution is 2.17. The van der Waals surface area contributed by atoms with Gasteiger partial charge in [0.15, 0.2) is 5.11 Å². The largest absolute Gasteiger partial charge is 0.357 e. The zero-order chi connectivity index (χ0) is 20.6.